The second-order valence-electron chi connectivity index (χ2n) is 4.62. The monoisotopic (exact) mass is 220 g/mol. The quantitative estimate of drug-likeness (QED) is 0.841. The molecule has 0 unspecified atom stereocenters. The third-order valence-corrected chi connectivity index (χ3v) is 3.16. The molecule has 1 aromatic rings. The zero-order valence-corrected chi connectivity index (χ0v) is 10.3. The third-order valence-electron chi connectivity index (χ3n) is 3.16. The molecule has 0 spiro atoms. The minimum absolute atomic E-state index is 0.618. The van der Waals surface area contributed by atoms with Crippen LogP contribution in [0, 0.1) is 0 Å². The summed E-state index contributed by atoms with van der Waals surface area (Å²) in [6.07, 6.45) is 1.19. The minimum Gasteiger partial charge on any atom is -0.497 e. The van der Waals surface area contributed by atoms with Gasteiger partial charge in [-0.15, -0.1) is 0 Å². The molecule has 16 heavy (non-hydrogen) atoms. The van der Waals surface area contributed by atoms with E-state index in [0.717, 1.165) is 18.8 Å². The average Bonchev–Trinajstić information content (AvgIpc) is 2.68. The van der Waals surface area contributed by atoms with Crippen LogP contribution < -0.4 is 10.1 Å². The van der Waals surface area contributed by atoms with E-state index in [2.05, 4.69) is 36.4 Å². The van der Waals surface area contributed by atoms with E-state index in [1.54, 1.807) is 7.11 Å². The summed E-state index contributed by atoms with van der Waals surface area (Å²) in [5.74, 6) is 1.57. The van der Waals surface area contributed by atoms with E-state index >= 15 is 0 Å². The lowest BCUT2D eigenvalue weighted by Gasteiger charge is -2.14. The molecular formula is C13H20N2O. The molecule has 0 amide bonds. The Kier molecular flexibility index (Phi) is 3.34. The Morgan fingerprint density at radius 2 is 2.25 bits per heavy atom. The van der Waals surface area contributed by atoms with Gasteiger partial charge in [-0.2, -0.15) is 0 Å². The first kappa shape index (κ1) is 11.3. The van der Waals surface area contributed by atoms with Gasteiger partial charge in [0.1, 0.15) is 5.75 Å². The molecule has 0 fully saturated rings. The number of anilines is 1. The second-order valence-corrected chi connectivity index (χ2v) is 4.62. The molecule has 0 bridgehead atoms. The Balaban J connectivity index is 2.11. The molecular weight excluding hydrogens is 200 g/mol. The van der Waals surface area contributed by atoms with E-state index < -0.39 is 0 Å². The van der Waals surface area contributed by atoms with Crippen LogP contribution in [0.3, 0.4) is 0 Å². The van der Waals surface area contributed by atoms with Crippen LogP contribution in [0.4, 0.5) is 5.69 Å². The van der Waals surface area contributed by atoms with Crippen molar-refractivity contribution < 1.29 is 4.74 Å². The molecule has 0 aromatic heterocycles. The standard InChI is InChI=1S/C13H20N2O/c1-15(2)7-6-10-9-14-13-5-4-11(16-3)8-12(10)13/h4-5,8,10,14H,6-7,9H2,1-3H3/t10-/m1/s1. The molecule has 0 radical (unpaired) electrons. The van der Waals surface area contributed by atoms with Gasteiger partial charge in [0.25, 0.3) is 0 Å². The Morgan fingerprint density at radius 3 is 2.94 bits per heavy atom. The van der Waals surface area contributed by atoms with Gasteiger partial charge < -0.3 is 15.0 Å². The Bertz CT molecular complexity index is 363. The molecule has 1 heterocycles. The van der Waals surface area contributed by atoms with E-state index in [1.807, 2.05) is 6.07 Å². The molecule has 1 aliphatic heterocycles. The number of rotatable bonds is 4. The van der Waals surface area contributed by atoms with Gasteiger partial charge in [0.05, 0.1) is 7.11 Å². The van der Waals surface area contributed by atoms with Crippen molar-refractivity contribution >= 4 is 5.69 Å². The maximum Gasteiger partial charge on any atom is 0.119 e. The summed E-state index contributed by atoms with van der Waals surface area (Å²) in [4.78, 5) is 2.23. The van der Waals surface area contributed by atoms with E-state index in [9.17, 15) is 0 Å². The molecule has 2 rings (SSSR count). The zero-order chi connectivity index (χ0) is 11.5. The first-order valence-corrected chi connectivity index (χ1v) is 5.77. The van der Waals surface area contributed by atoms with Gasteiger partial charge in [-0.3, -0.25) is 0 Å². The lowest BCUT2D eigenvalue weighted by molar-refractivity contribution is 0.385. The smallest absolute Gasteiger partial charge is 0.119 e. The fraction of sp³-hybridized carbons (Fsp3) is 0.538. The van der Waals surface area contributed by atoms with Crippen molar-refractivity contribution in [1.82, 2.24) is 4.90 Å². The average molecular weight is 220 g/mol. The Hall–Kier alpha value is -1.22. The van der Waals surface area contributed by atoms with Crippen molar-refractivity contribution in [1.29, 1.82) is 0 Å². The molecule has 0 aliphatic carbocycles. The molecule has 1 aliphatic rings. The van der Waals surface area contributed by atoms with Crippen molar-refractivity contribution in [3.63, 3.8) is 0 Å². The lowest BCUT2D eigenvalue weighted by atomic mass is 9.97. The number of hydrogen-bond acceptors (Lipinski definition) is 3. The van der Waals surface area contributed by atoms with Crippen LogP contribution in [0.1, 0.15) is 17.9 Å². The number of hydrogen-bond donors (Lipinski definition) is 1. The first-order valence-electron chi connectivity index (χ1n) is 5.77. The summed E-state index contributed by atoms with van der Waals surface area (Å²) in [7, 11) is 5.96. The van der Waals surface area contributed by atoms with Crippen LogP contribution in [-0.4, -0.2) is 39.2 Å². The Morgan fingerprint density at radius 1 is 1.44 bits per heavy atom. The van der Waals surface area contributed by atoms with E-state index in [-0.39, 0.29) is 0 Å². The number of benzene rings is 1. The number of methoxy groups -OCH3 is 1. The van der Waals surface area contributed by atoms with Crippen molar-refractivity contribution in [2.45, 2.75) is 12.3 Å². The van der Waals surface area contributed by atoms with E-state index in [1.165, 1.54) is 17.7 Å². The molecule has 0 saturated heterocycles. The maximum atomic E-state index is 5.28. The molecule has 88 valence electrons. The van der Waals surface area contributed by atoms with Gasteiger partial charge in [0.15, 0.2) is 0 Å². The molecule has 1 atom stereocenters. The van der Waals surface area contributed by atoms with Gasteiger partial charge in [-0.1, -0.05) is 0 Å². The van der Waals surface area contributed by atoms with Gasteiger partial charge in [0, 0.05) is 18.2 Å². The normalized spacial score (nSPS) is 18.4. The van der Waals surface area contributed by atoms with Gasteiger partial charge in [0.2, 0.25) is 0 Å². The summed E-state index contributed by atoms with van der Waals surface area (Å²) in [6, 6.07) is 6.29. The largest absolute Gasteiger partial charge is 0.497 e. The maximum absolute atomic E-state index is 5.28. The van der Waals surface area contributed by atoms with Crippen LogP contribution in [0.25, 0.3) is 0 Å². The molecule has 3 heteroatoms. The van der Waals surface area contributed by atoms with Crippen LogP contribution in [0.5, 0.6) is 5.75 Å². The van der Waals surface area contributed by atoms with Gasteiger partial charge in [-0.05, 0) is 50.8 Å². The summed E-state index contributed by atoms with van der Waals surface area (Å²) < 4.78 is 5.28. The van der Waals surface area contributed by atoms with E-state index in [4.69, 9.17) is 4.74 Å². The van der Waals surface area contributed by atoms with E-state index in [0.29, 0.717) is 5.92 Å². The molecule has 1 N–H and O–H groups in total. The number of fused-ring (bicyclic) bond motifs is 1. The second kappa shape index (κ2) is 4.74. The summed E-state index contributed by atoms with van der Waals surface area (Å²) in [5.41, 5.74) is 2.67. The number of ether oxygens (including phenoxy) is 1. The molecule has 0 saturated carbocycles. The highest BCUT2D eigenvalue weighted by Crippen LogP contribution is 2.35. The van der Waals surface area contributed by atoms with Crippen LogP contribution in [0.15, 0.2) is 18.2 Å². The van der Waals surface area contributed by atoms with Gasteiger partial charge >= 0.3 is 0 Å². The fourth-order valence-corrected chi connectivity index (χ4v) is 2.18. The first-order chi connectivity index (χ1) is 7.70. The van der Waals surface area contributed by atoms with Crippen LogP contribution in [0.2, 0.25) is 0 Å². The van der Waals surface area contributed by atoms with Gasteiger partial charge in [-0.25, -0.2) is 0 Å². The van der Waals surface area contributed by atoms with Crippen LogP contribution >= 0.6 is 0 Å². The Labute approximate surface area is 97.4 Å². The SMILES string of the molecule is COc1ccc2c(c1)[C@H](CCN(C)C)CN2. The summed E-state index contributed by atoms with van der Waals surface area (Å²) in [5, 5.41) is 3.45. The summed E-state index contributed by atoms with van der Waals surface area (Å²) >= 11 is 0. The highest BCUT2D eigenvalue weighted by atomic mass is 16.5. The molecule has 3 nitrogen and oxygen atoms in total. The minimum atomic E-state index is 0.618. The highest BCUT2D eigenvalue weighted by Gasteiger charge is 2.22. The number of nitrogens with one attached hydrogen (secondary N) is 1. The zero-order valence-electron chi connectivity index (χ0n) is 10.3. The molecule has 1 aromatic carbocycles. The predicted molar refractivity (Wildman–Crippen MR) is 67.4 cm³/mol. The van der Waals surface area contributed by atoms with Crippen molar-refractivity contribution in [3.8, 4) is 5.75 Å². The lowest BCUT2D eigenvalue weighted by Crippen LogP contribution is -2.16. The third kappa shape index (κ3) is 2.30. The van der Waals surface area contributed by atoms with Crippen molar-refractivity contribution in [2.75, 3.05) is 39.6 Å². The summed E-state index contributed by atoms with van der Waals surface area (Å²) in [6.45, 7) is 2.18. The predicted octanol–water partition coefficient (Wildman–Crippen LogP) is 2.16. The topological polar surface area (TPSA) is 24.5 Å². The van der Waals surface area contributed by atoms with Crippen LogP contribution in [-0.2, 0) is 0 Å². The fourth-order valence-electron chi connectivity index (χ4n) is 2.18. The highest BCUT2D eigenvalue weighted by molar-refractivity contribution is 5.60. The van der Waals surface area contributed by atoms with Crippen molar-refractivity contribution in [2.24, 2.45) is 0 Å². The number of nitrogens with zero attached hydrogens (tertiary/aromatic N) is 1. The van der Waals surface area contributed by atoms with Crippen molar-refractivity contribution in [3.05, 3.63) is 23.8 Å².